The van der Waals surface area contributed by atoms with Crippen LogP contribution < -0.4 is 14.2 Å². The van der Waals surface area contributed by atoms with Crippen LogP contribution >= 0.6 is 0 Å². The monoisotopic (exact) mass is 480 g/mol. The number of methoxy groups -OCH3 is 2. The zero-order valence-corrected chi connectivity index (χ0v) is 18.6. The average Bonchev–Trinajstić information content (AvgIpc) is 2.82. The Morgan fingerprint density at radius 3 is 2.29 bits per heavy atom. The van der Waals surface area contributed by atoms with Crippen molar-refractivity contribution in [2.75, 3.05) is 20.8 Å². The maximum atomic E-state index is 11.8. The maximum absolute atomic E-state index is 11.8. The van der Waals surface area contributed by atoms with Crippen LogP contribution in [0.4, 0.5) is 0 Å². The van der Waals surface area contributed by atoms with Crippen molar-refractivity contribution in [1.29, 1.82) is 0 Å². The molecular weight excluding hydrogens is 452 g/mol. The highest BCUT2D eigenvalue weighted by molar-refractivity contribution is 5.93. The molecule has 0 amide bonds. The molecule has 1 heterocycles. The second-order valence-electron chi connectivity index (χ2n) is 7.79. The molecule has 0 spiro atoms. The number of aliphatic hydroxyl groups is 4. The van der Waals surface area contributed by atoms with Gasteiger partial charge >= 0.3 is 5.97 Å². The summed E-state index contributed by atoms with van der Waals surface area (Å²) in [5.74, 6) is -0.865. The Morgan fingerprint density at radius 2 is 1.68 bits per heavy atom. The Labute approximate surface area is 195 Å². The van der Waals surface area contributed by atoms with Crippen LogP contribution in [0.15, 0.2) is 30.3 Å². The standard InChI is InChI=1S/C23H28O11/c1-31-15-6-4-11(7-16(15)32-2)3-5-12-8-13(9-14(25)18(12)22(29)30)33-23-21(28)20(27)19(26)17(10-24)34-23/h4,6-9,17,19-21,23-28H,3,5,10H2,1-2H3,(H,29,30). The van der Waals surface area contributed by atoms with Crippen molar-refractivity contribution in [3.05, 3.63) is 47.0 Å². The first-order valence-electron chi connectivity index (χ1n) is 10.5. The number of ether oxygens (including phenoxy) is 4. The van der Waals surface area contributed by atoms with Crippen molar-refractivity contribution >= 4 is 5.97 Å². The van der Waals surface area contributed by atoms with Crippen molar-refractivity contribution < 1.29 is 54.4 Å². The first-order valence-corrected chi connectivity index (χ1v) is 10.5. The van der Waals surface area contributed by atoms with E-state index >= 15 is 0 Å². The van der Waals surface area contributed by atoms with E-state index in [1.165, 1.54) is 20.3 Å². The number of hydrogen-bond acceptors (Lipinski definition) is 10. The van der Waals surface area contributed by atoms with Crippen molar-refractivity contribution in [1.82, 2.24) is 0 Å². The Kier molecular flexibility index (Phi) is 8.18. The maximum Gasteiger partial charge on any atom is 0.339 e. The lowest BCUT2D eigenvalue weighted by molar-refractivity contribution is -0.277. The van der Waals surface area contributed by atoms with Crippen LogP contribution in [0.5, 0.6) is 23.0 Å². The van der Waals surface area contributed by atoms with Crippen molar-refractivity contribution in [2.45, 2.75) is 43.5 Å². The predicted octanol–water partition coefficient (Wildman–Crippen LogP) is 0.0715. The molecule has 0 aromatic heterocycles. The molecule has 5 atom stereocenters. The van der Waals surface area contributed by atoms with Crippen LogP contribution in [0.3, 0.4) is 0 Å². The lowest BCUT2D eigenvalue weighted by Crippen LogP contribution is -2.60. The summed E-state index contributed by atoms with van der Waals surface area (Å²) in [7, 11) is 3.02. The molecule has 186 valence electrons. The summed E-state index contributed by atoms with van der Waals surface area (Å²) >= 11 is 0. The van der Waals surface area contributed by atoms with Gasteiger partial charge in [-0.3, -0.25) is 0 Å². The molecule has 5 unspecified atom stereocenters. The average molecular weight is 480 g/mol. The number of aromatic hydroxyl groups is 1. The van der Waals surface area contributed by atoms with Crippen LogP contribution in [-0.2, 0) is 17.6 Å². The van der Waals surface area contributed by atoms with Gasteiger partial charge in [0.1, 0.15) is 41.5 Å². The van der Waals surface area contributed by atoms with Gasteiger partial charge in [-0.2, -0.15) is 0 Å². The summed E-state index contributed by atoms with van der Waals surface area (Å²) in [6.45, 7) is -0.634. The molecule has 1 saturated heterocycles. The van der Waals surface area contributed by atoms with Gasteiger partial charge in [-0.05, 0) is 42.2 Å². The van der Waals surface area contributed by atoms with Crippen molar-refractivity contribution in [3.63, 3.8) is 0 Å². The predicted molar refractivity (Wildman–Crippen MR) is 116 cm³/mol. The Bertz CT molecular complexity index is 1010. The molecule has 2 aromatic rings. The molecule has 1 fully saturated rings. The lowest BCUT2D eigenvalue weighted by Gasteiger charge is -2.39. The van der Waals surface area contributed by atoms with Crippen LogP contribution in [0.25, 0.3) is 0 Å². The highest BCUT2D eigenvalue weighted by Gasteiger charge is 2.44. The van der Waals surface area contributed by atoms with Gasteiger partial charge in [-0.15, -0.1) is 0 Å². The number of aryl methyl sites for hydroxylation is 2. The Hall–Kier alpha value is -3.09. The second-order valence-corrected chi connectivity index (χ2v) is 7.79. The highest BCUT2D eigenvalue weighted by Crippen LogP contribution is 2.33. The molecule has 0 aliphatic carbocycles. The number of benzene rings is 2. The number of hydrogen-bond donors (Lipinski definition) is 6. The van der Waals surface area contributed by atoms with Gasteiger partial charge in [0, 0.05) is 6.07 Å². The number of phenols is 1. The fourth-order valence-corrected chi connectivity index (χ4v) is 3.78. The van der Waals surface area contributed by atoms with E-state index in [0.717, 1.165) is 11.6 Å². The molecule has 11 nitrogen and oxygen atoms in total. The zero-order chi connectivity index (χ0) is 25.0. The quantitative estimate of drug-likeness (QED) is 0.286. The molecule has 6 N–H and O–H groups in total. The van der Waals surface area contributed by atoms with Crippen LogP contribution in [0.1, 0.15) is 21.5 Å². The number of carbonyl (C=O) groups is 1. The van der Waals surface area contributed by atoms with E-state index in [0.29, 0.717) is 17.9 Å². The number of aromatic carboxylic acids is 1. The largest absolute Gasteiger partial charge is 0.507 e. The number of aliphatic hydroxyl groups excluding tert-OH is 4. The molecular formula is C23H28O11. The van der Waals surface area contributed by atoms with E-state index in [9.17, 15) is 35.4 Å². The summed E-state index contributed by atoms with van der Waals surface area (Å²) < 4.78 is 21.4. The molecule has 1 aliphatic heterocycles. The molecule has 1 aliphatic rings. The first kappa shape index (κ1) is 25.5. The summed E-state index contributed by atoms with van der Waals surface area (Å²) in [4.78, 5) is 11.8. The first-order chi connectivity index (χ1) is 16.2. The summed E-state index contributed by atoms with van der Waals surface area (Å²) in [6.07, 6.45) is -6.93. The van der Waals surface area contributed by atoms with E-state index < -0.39 is 49.0 Å². The van der Waals surface area contributed by atoms with Crippen LogP contribution in [0.2, 0.25) is 0 Å². The second kappa shape index (κ2) is 10.9. The van der Waals surface area contributed by atoms with Gasteiger partial charge in [0.15, 0.2) is 11.5 Å². The third-order valence-corrected chi connectivity index (χ3v) is 5.62. The topological polar surface area (TPSA) is 175 Å². The van der Waals surface area contributed by atoms with Gasteiger partial charge in [0.25, 0.3) is 0 Å². The molecule has 0 bridgehead atoms. The van der Waals surface area contributed by atoms with Crippen LogP contribution in [-0.4, -0.2) is 88.1 Å². The van der Waals surface area contributed by atoms with Gasteiger partial charge in [-0.25, -0.2) is 4.79 Å². The van der Waals surface area contributed by atoms with Crippen molar-refractivity contribution in [3.8, 4) is 23.0 Å². The van der Waals surface area contributed by atoms with Gasteiger partial charge in [-0.1, -0.05) is 6.07 Å². The minimum absolute atomic E-state index is 0.0332. The summed E-state index contributed by atoms with van der Waals surface area (Å²) in [5, 5.41) is 59.3. The molecule has 0 radical (unpaired) electrons. The molecule has 0 saturated carbocycles. The highest BCUT2D eigenvalue weighted by atomic mass is 16.7. The van der Waals surface area contributed by atoms with Crippen molar-refractivity contribution in [2.24, 2.45) is 0 Å². The van der Waals surface area contributed by atoms with Gasteiger partial charge < -0.3 is 49.6 Å². The SMILES string of the molecule is COc1ccc(CCc2cc(OC3OC(CO)C(O)C(O)C3O)cc(O)c2C(=O)O)cc1OC. The smallest absolute Gasteiger partial charge is 0.339 e. The molecule has 3 rings (SSSR count). The summed E-state index contributed by atoms with van der Waals surface area (Å²) in [6, 6.07) is 7.71. The Morgan fingerprint density at radius 1 is 0.971 bits per heavy atom. The minimum atomic E-state index is -1.66. The number of rotatable bonds is 9. The summed E-state index contributed by atoms with van der Waals surface area (Å²) in [5.41, 5.74) is 0.775. The number of carboxylic acid groups (broad SMARTS) is 1. The van der Waals surface area contributed by atoms with E-state index in [4.69, 9.17) is 18.9 Å². The normalized spacial score (nSPS) is 24.5. The van der Waals surface area contributed by atoms with Crippen LogP contribution in [0, 0.1) is 0 Å². The van der Waals surface area contributed by atoms with Gasteiger partial charge in [0.2, 0.25) is 6.29 Å². The fraction of sp³-hybridized carbons (Fsp3) is 0.435. The van der Waals surface area contributed by atoms with E-state index in [1.54, 1.807) is 18.2 Å². The molecule has 2 aromatic carbocycles. The Balaban J connectivity index is 1.85. The zero-order valence-electron chi connectivity index (χ0n) is 18.6. The lowest BCUT2D eigenvalue weighted by atomic mass is 9.98. The molecule has 34 heavy (non-hydrogen) atoms. The molecule has 11 heteroatoms. The minimum Gasteiger partial charge on any atom is -0.507 e. The van der Waals surface area contributed by atoms with E-state index in [1.807, 2.05) is 0 Å². The van der Waals surface area contributed by atoms with Gasteiger partial charge in [0.05, 0.1) is 20.8 Å². The third-order valence-electron chi connectivity index (χ3n) is 5.62. The third kappa shape index (κ3) is 5.34. The number of carboxylic acids is 1. The fourth-order valence-electron chi connectivity index (χ4n) is 3.78. The van der Waals surface area contributed by atoms with E-state index in [2.05, 4.69) is 0 Å². The van der Waals surface area contributed by atoms with E-state index in [-0.39, 0.29) is 23.3 Å².